The first-order chi connectivity index (χ1) is 7.68. The number of carbonyl (C=O) groups excluding carboxylic acids is 2. The van der Waals surface area contributed by atoms with E-state index in [1.54, 1.807) is 0 Å². The van der Waals surface area contributed by atoms with Gasteiger partial charge in [0.15, 0.2) is 0 Å². The van der Waals surface area contributed by atoms with Crippen molar-refractivity contribution in [2.75, 3.05) is 0 Å². The van der Waals surface area contributed by atoms with Gasteiger partial charge in [-0.3, -0.25) is 15.0 Å². The molecule has 1 aliphatic heterocycles. The van der Waals surface area contributed by atoms with E-state index in [0.717, 1.165) is 5.56 Å². The third-order valence-corrected chi connectivity index (χ3v) is 2.48. The molecule has 1 fully saturated rings. The molecule has 2 atom stereocenters. The molecular weight excluding hydrogens is 206 g/mol. The largest absolute Gasteiger partial charge is 0.343 e. The summed E-state index contributed by atoms with van der Waals surface area (Å²) in [5.41, 5.74) is 6.34. The van der Waals surface area contributed by atoms with Crippen molar-refractivity contribution in [1.29, 1.82) is 0 Å². The average Bonchev–Trinajstić information content (AvgIpc) is 2.61. The highest BCUT2D eigenvalue weighted by Gasteiger charge is 2.35. The van der Waals surface area contributed by atoms with Crippen molar-refractivity contribution in [1.82, 2.24) is 16.2 Å². The van der Waals surface area contributed by atoms with Crippen LogP contribution in [-0.2, 0) is 9.59 Å². The topological polar surface area (TPSA) is 70.2 Å². The number of benzene rings is 1. The van der Waals surface area contributed by atoms with Gasteiger partial charge in [-0.15, -0.1) is 0 Å². The Bertz CT molecular complexity index is 405. The first-order valence-corrected chi connectivity index (χ1v) is 5.06. The standard InChI is InChI=1S/C11H13N3O2/c1-7(15)12-10-9(13-14-11(10)16)8-5-3-2-4-6-8/h2-6,9-10,13H,1H3,(H,12,15)(H,14,16)/t9-,10-/m0/s1. The van der Waals surface area contributed by atoms with Crippen LogP contribution in [0.1, 0.15) is 18.5 Å². The normalized spacial score (nSPS) is 23.9. The van der Waals surface area contributed by atoms with Gasteiger partial charge in [0, 0.05) is 6.92 Å². The maximum absolute atomic E-state index is 11.5. The van der Waals surface area contributed by atoms with Crippen molar-refractivity contribution in [2.24, 2.45) is 0 Å². The fourth-order valence-electron chi connectivity index (χ4n) is 1.77. The number of nitrogens with one attached hydrogen (secondary N) is 3. The van der Waals surface area contributed by atoms with Gasteiger partial charge in [-0.1, -0.05) is 30.3 Å². The molecular formula is C11H13N3O2. The summed E-state index contributed by atoms with van der Waals surface area (Å²) >= 11 is 0. The second-order valence-corrected chi connectivity index (χ2v) is 3.70. The Hall–Kier alpha value is -1.88. The highest BCUT2D eigenvalue weighted by molar-refractivity contribution is 5.89. The van der Waals surface area contributed by atoms with E-state index in [1.165, 1.54) is 6.92 Å². The third kappa shape index (κ3) is 2.04. The van der Waals surface area contributed by atoms with E-state index in [9.17, 15) is 9.59 Å². The molecule has 0 aromatic heterocycles. The van der Waals surface area contributed by atoms with Gasteiger partial charge in [-0.2, -0.15) is 0 Å². The Balaban J connectivity index is 2.21. The molecule has 2 amide bonds. The van der Waals surface area contributed by atoms with Crippen LogP contribution in [0.25, 0.3) is 0 Å². The molecule has 3 N–H and O–H groups in total. The average molecular weight is 219 g/mol. The van der Waals surface area contributed by atoms with Crippen LogP contribution in [0.4, 0.5) is 0 Å². The predicted octanol–water partition coefficient (Wildman–Crippen LogP) is -0.133. The highest BCUT2D eigenvalue weighted by Crippen LogP contribution is 2.19. The van der Waals surface area contributed by atoms with E-state index in [2.05, 4.69) is 16.2 Å². The first kappa shape index (κ1) is 10.6. The van der Waals surface area contributed by atoms with Gasteiger partial charge in [-0.05, 0) is 5.56 Å². The summed E-state index contributed by atoms with van der Waals surface area (Å²) in [6.45, 7) is 1.40. The molecule has 5 nitrogen and oxygen atoms in total. The van der Waals surface area contributed by atoms with Gasteiger partial charge in [0.1, 0.15) is 6.04 Å². The predicted molar refractivity (Wildman–Crippen MR) is 58.1 cm³/mol. The number of hydrogen-bond acceptors (Lipinski definition) is 3. The lowest BCUT2D eigenvalue weighted by molar-refractivity contribution is -0.126. The van der Waals surface area contributed by atoms with Crippen LogP contribution >= 0.6 is 0 Å². The Morgan fingerprint density at radius 1 is 1.31 bits per heavy atom. The Morgan fingerprint density at radius 2 is 2.00 bits per heavy atom. The first-order valence-electron chi connectivity index (χ1n) is 5.06. The number of carbonyl (C=O) groups is 2. The molecule has 0 unspecified atom stereocenters. The van der Waals surface area contributed by atoms with Crippen LogP contribution in [0.3, 0.4) is 0 Å². The van der Waals surface area contributed by atoms with Gasteiger partial charge in [0.2, 0.25) is 5.91 Å². The second kappa shape index (κ2) is 4.32. The lowest BCUT2D eigenvalue weighted by Crippen LogP contribution is -2.41. The summed E-state index contributed by atoms with van der Waals surface area (Å²) < 4.78 is 0. The van der Waals surface area contributed by atoms with Crippen molar-refractivity contribution < 1.29 is 9.59 Å². The van der Waals surface area contributed by atoms with Crippen molar-refractivity contribution in [3.05, 3.63) is 35.9 Å². The zero-order valence-electron chi connectivity index (χ0n) is 8.86. The minimum Gasteiger partial charge on any atom is -0.343 e. The SMILES string of the molecule is CC(=O)N[C@@H]1C(=O)NN[C@H]1c1ccccc1. The molecule has 2 rings (SSSR count). The Kier molecular flexibility index (Phi) is 2.87. The summed E-state index contributed by atoms with van der Waals surface area (Å²) in [7, 11) is 0. The molecule has 1 aromatic carbocycles. The van der Waals surface area contributed by atoms with Crippen LogP contribution < -0.4 is 16.2 Å². The monoisotopic (exact) mass is 219 g/mol. The summed E-state index contributed by atoms with van der Waals surface area (Å²) in [4.78, 5) is 22.5. The minimum atomic E-state index is -0.556. The summed E-state index contributed by atoms with van der Waals surface area (Å²) in [6, 6.07) is 8.73. The molecule has 5 heteroatoms. The van der Waals surface area contributed by atoms with Crippen LogP contribution in [-0.4, -0.2) is 17.9 Å². The maximum atomic E-state index is 11.5. The molecule has 0 bridgehead atoms. The zero-order chi connectivity index (χ0) is 11.5. The molecule has 84 valence electrons. The van der Waals surface area contributed by atoms with E-state index in [-0.39, 0.29) is 17.9 Å². The second-order valence-electron chi connectivity index (χ2n) is 3.70. The van der Waals surface area contributed by atoms with Gasteiger partial charge >= 0.3 is 0 Å². The van der Waals surface area contributed by atoms with E-state index in [4.69, 9.17) is 0 Å². The van der Waals surface area contributed by atoms with Gasteiger partial charge in [0.05, 0.1) is 6.04 Å². The molecule has 1 heterocycles. The molecule has 0 saturated carbocycles. The molecule has 16 heavy (non-hydrogen) atoms. The summed E-state index contributed by atoms with van der Waals surface area (Å²) in [5.74, 6) is -0.436. The van der Waals surface area contributed by atoms with Crippen molar-refractivity contribution >= 4 is 11.8 Å². The van der Waals surface area contributed by atoms with E-state index >= 15 is 0 Å². The molecule has 1 aliphatic rings. The van der Waals surface area contributed by atoms with Crippen molar-refractivity contribution in [3.8, 4) is 0 Å². The molecule has 1 aromatic rings. The van der Waals surface area contributed by atoms with Crippen LogP contribution in [0, 0.1) is 0 Å². The minimum absolute atomic E-state index is 0.218. The Morgan fingerprint density at radius 3 is 2.62 bits per heavy atom. The quantitative estimate of drug-likeness (QED) is 0.648. The van der Waals surface area contributed by atoms with Crippen LogP contribution in [0.15, 0.2) is 30.3 Å². The van der Waals surface area contributed by atoms with Crippen LogP contribution in [0.5, 0.6) is 0 Å². The lowest BCUT2D eigenvalue weighted by Gasteiger charge is -2.17. The van der Waals surface area contributed by atoms with E-state index in [0.29, 0.717) is 0 Å². The Labute approximate surface area is 93.2 Å². The van der Waals surface area contributed by atoms with Gasteiger partial charge < -0.3 is 5.32 Å². The van der Waals surface area contributed by atoms with E-state index < -0.39 is 6.04 Å². The maximum Gasteiger partial charge on any atom is 0.258 e. The number of hydrogen-bond donors (Lipinski definition) is 3. The summed E-state index contributed by atoms with van der Waals surface area (Å²) in [5, 5.41) is 2.63. The van der Waals surface area contributed by atoms with Crippen molar-refractivity contribution in [2.45, 2.75) is 19.0 Å². The molecule has 0 radical (unpaired) electrons. The third-order valence-electron chi connectivity index (χ3n) is 2.48. The molecule has 0 spiro atoms. The van der Waals surface area contributed by atoms with Crippen molar-refractivity contribution in [3.63, 3.8) is 0 Å². The number of amides is 2. The van der Waals surface area contributed by atoms with Gasteiger partial charge in [0.25, 0.3) is 5.91 Å². The van der Waals surface area contributed by atoms with E-state index in [1.807, 2.05) is 30.3 Å². The zero-order valence-corrected chi connectivity index (χ0v) is 8.86. The molecule has 0 aliphatic carbocycles. The highest BCUT2D eigenvalue weighted by atomic mass is 16.2. The number of rotatable bonds is 2. The molecule has 1 saturated heterocycles. The number of hydrazine groups is 1. The fourth-order valence-corrected chi connectivity index (χ4v) is 1.77. The summed E-state index contributed by atoms with van der Waals surface area (Å²) in [6.07, 6.45) is 0. The lowest BCUT2D eigenvalue weighted by atomic mass is 10.0. The van der Waals surface area contributed by atoms with Gasteiger partial charge in [-0.25, -0.2) is 5.43 Å². The fraction of sp³-hybridized carbons (Fsp3) is 0.273. The smallest absolute Gasteiger partial charge is 0.258 e. The van der Waals surface area contributed by atoms with Crippen LogP contribution in [0.2, 0.25) is 0 Å².